The monoisotopic (exact) mass is 577 g/mol. The molecule has 0 spiro atoms. The average Bonchev–Trinajstić information content (AvgIpc) is 3.43. The van der Waals surface area contributed by atoms with Gasteiger partial charge in [-0.15, -0.1) is 0 Å². The van der Waals surface area contributed by atoms with Crippen molar-refractivity contribution < 1.29 is 9.90 Å². The van der Waals surface area contributed by atoms with Crippen LogP contribution in [0.2, 0.25) is 0 Å². The van der Waals surface area contributed by atoms with Crippen molar-refractivity contribution >= 4 is 65.5 Å². The Kier molecular flexibility index (Phi) is 4.98. The summed E-state index contributed by atoms with van der Waals surface area (Å²) in [6.07, 6.45) is 5.09. The molecule has 3 heteroatoms. The molecule has 2 unspecified atom stereocenters. The fourth-order valence-electron chi connectivity index (χ4n) is 8.08. The Balaban J connectivity index is 1.14. The van der Waals surface area contributed by atoms with Crippen LogP contribution in [0, 0.1) is 11.8 Å². The second kappa shape index (κ2) is 9.01. The number of para-hydroxylation sites is 2. The molecule has 0 saturated carbocycles. The molecule has 11 rings (SSSR count). The number of carbonyl (C=O) groups excluding carboxylic acids is 1. The van der Waals surface area contributed by atoms with Crippen molar-refractivity contribution in [3.05, 3.63) is 145 Å². The van der Waals surface area contributed by atoms with Crippen LogP contribution in [0.5, 0.6) is 0 Å². The van der Waals surface area contributed by atoms with Crippen LogP contribution in [0.15, 0.2) is 140 Å². The minimum atomic E-state index is -0.938. The van der Waals surface area contributed by atoms with Crippen LogP contribution >= 0.6 is 0 Å². The Morgan fingerprint density at radius 3 is 1.78 bits per heavy atom. The van der Waals surface area contributed by atoms with Gasteiger partial charge < -0.3 is 9.67 Å². The van der Waals surface area contributed by atoms with Crippen molar-refractivity contribution in [3.8, 4) is 16.8 Å². The van der Waals surface area contributed by atoms with E-state index < -0.39 is 12.0 Å². The van der Waals surface area contributed by atoms with Crippen LogP contribution in [-0.2, 0) is 4.79 Å². The lowest BCUT2D eigenvalue weighted by Gasteiger charge is -2.34. The molecule has 3 atom stereocenters. The summed E-state index contributed by atoms with van der Waals surface area (Å²) in [7, 11) is 0. The van der Waals surface area contributed by atoms with E-state index in [1.165, 1.54) is 59.9 Å². The van der Waals surface area contributed by atoms with E-state index in [1.54, 1.807) is 0 Å². The van der Waals surface area contributed by atoms with Crippen molar-refractivity contribution in [1.29, 1.82) is 0 Å². The number of hydrogen-bond acceptors (Lipinski definition) is 2. The zero-order valence-electron chi connectivity index (χ0n) is 24.3. The van der Waals surface area contributed by atoms with Gasteiger partial charge in [0.2, 0.25) is 0 Å². The number of hydrogen-bond donors (Lipinski definition) is 1. The van der Waals surface area contributed by atoms with Gasteiger partial charge in [-0.25, -0.2) is 0 Å². The number of aliphatic hydroxyl groups excluding tert-OH is 1. The number of aromatic nitrogens is 1. The number of aliphatic hydroxyl groups is 1. The van der Waals surface area contributed by atoms with E-state index in [2.05, 4.69) is 132 Å². The Morgan fingerprint density at radius 2 is 1.13 bits per heavy atom. The van der Waals surface area contributed by atoms with Gasteiger partial charge in [0.15, 0.2) is 5.78 Å². The number of Topliss-reactive ketones (excluding diaryl/α,β-unsaturated/α-hetero) is 1. The minimum Gasteiger partial charge on any atom is -0.384 e. The number of rotatable bonds is 3. The van der Waals surface area contributed by atoms with Crippen molar-refractivity contribution in [3.63, 3.8) is 0 Å². The fourth-order valence-corrected chi connectivity index (χ4v) is 8.08. The molecule has 0 aliphatic heterocycles. The Labute approximate surface area is 259 Å². The normalized spacial score (nSPS) is 19.5. The van der Waals surface area contributed by atoms with Crippen molar-refractivity contribution in [1.82, 2.24) is 4.57 Å². The van der Waals surface area contributed by atoms with Crippen LogP contribution in [0.4, 0.5) is 0 Å². The predicted molar refractivity (Wildman–Crippen MR) is 185 cm³/mol. The summed E-state index contributed by atoms with van der Waals surface area (Å²) in [5.74, 6) is -0.752. The van der Waals surface area contributed by atoms with Gasteiger partial charge in [0.25, 0.3) is 0 Å². The zero-order chi connectivity index (χ0) is 29.8. The van der Waals surface area contributed by atoms with E-state index in [-0.39, 0.29) is 11.7 Å². The molecule has 212 valence electrons. The maximum absolute atomic E-state index is 12.9. The molecule has 1 heterocycles. The molecule has 1 N–H and O–H groups in total. The Morgan fingerprint density at radius 1 is 0.556 bits per heavy atom. The maximum Gasteiger partial charge on any atom is 0.173 e. The standard InChI is InChI=1S/C42H27NO2/c44-41-27-15-22-35(42(41)45)36(23-27)30-19-12-26-13-20-33-29(18-11-25-14-21-34(30)40(26)39(25)33)24-9-16-28(17-10-24)43-37-7-3-1-5-31(37)32-6-2-4-8-38(32)43/h1-23,27,35,41,44H/t27?,35?,41-/m1/s1. The van der Waals surface area contributed by atoms with Crippen LogP contribution < -0.4 is 0 Å². The number of fused-ring (bicyclic) bond motifs is 4. The molecule has 0 saturated heterocycles. The lowest BCUT2D eigenvalue weighted by molar-refractivity contribution is -0.130. The first-order valence-corrected chi connectivity index (χ1v) is 15.6. The minimum absolute atomic E-state index is 0.0997. The Bertz CT molecular complexity index is 2530. The third-order valence-electron chi connectivity index (χ3n) is 10.2. The van der Waals surface area contributed by atoms with Gasteiger partial charge in [-0.05, 0) is 78.8 Å². The SMILES string of the molecule is O=C1C2C=CC(C=C2c2ccc3ccc4c(-c5ccc(-n6c7ccccc7c7ccccc76)cc5)ccc5ccc2c3c54)[C@H]1O. The molecular formula is C42H27NO2. The maximum atomic E-state index is 12.9. The molecule has 0 amide bonds. The second-order valence-electron chi connectivity index (χ2n) is 12.5. The highest BCUT2D eigenvalue weighted by molar-refractivity contribution is 6.27. The van der Waals surface area contributed by atoms with Crippen LogP contribution in [-0.4, -0.2) is 21.6 Å². The summed E-state index contributed by atoms with van der Waals surface area (Å²) < 4.78 is 2.35. The lowest BCUT2D eigenvalue weighted by atomic mass is 9.71. The fraction of sp³-hybridized carbons (Fsp3) is 0.0714. The van der Waals surface area contributed by atoms with E-state index in [0.717, 1.165) is 22.2 Å². The second-order valence-corrected chi connectivity index (χ2v) is 12.5. The summed E-state index contributed by atoms with van der Waals surface area (Å²) in [6, 6.07) is 43.8. The lowest BCUT2D eigenvalue weighted by Crippen LogP contribution is -2.40. The van der Waals surface area contributed by atoms with Gasteiger partial charge in [-0.1, -0.05) is 115 Å². The van der Waals surface area contributed by atoms with Gasteiger partial charge in [0, 0.05) is 22.4 Å². The van der Waals surface area contributed by atoms with E-state index in [0.29, 0.717) is 0 Å². The molecule has 1 aromatic heterocycles. The summed E-state index contributed by atoms with van der Waals surface area (Å²) >= 11 is 0. The number of nitrogens with zero attached hydrogens (tertiary/aromatic N) is 1. The zero-order valence-corrected chi connectivity index (χ0v) is 24.3. The first-order chi connectivity index (χ1) is 22.2. The van der Waals surface area contributed by atoms with Crippen molar-refractivity contribution in [2.75, 3.05) is 0 Å². The molecule has 8 aromatic rings. The molecule has 0 fully saturated rings. The highest BCUT2D eigenvalue weighted by Gasteiger charge is 2.39. The summed E-state index contributed by atoms with van der Waals surface area (Å²) in [5.41, 5.74) is 8.02. The summed E-state index contributed by atoms with van der Waals surface area (Å²) in [4.78, 5) is 12.9. The molecule has 3 aliphatic rings. The summed E-state index contributed by atoms with van der Waals surface area (Å²) in [6.45, 7) is 0. The average molecular weight is 578 g/mol. The van der Waals surface area contributed by atoms with Gasteiger partial charge in [0.1, 0.15) is 6.10 Å². The smallest absolute Gasteiger partial charge is 0.173 e. The topological polar surface area (TPSA) is 42.2 Å². The van der Waals surface area contributed by atoms with Gasteiger partial charge in [0.05, 0.1) is 17.0 Å². The highest BCUT2D eigenvalue weighted by Crippen LogP contribution is 2.45. The van der Waals surface area contributed by atoms with Gasteiger partial charge in [-0.2, -0.15) is 0 Å². The van der Waals surface area contributed by atoms with Crippen LogP contribution in [0.25, 0.3) is 76.5 Å². The summed E-state index contributed by atoms with van der Waals surface area (Å²) in [5, 5.41) is 20.2. The number of benzene rings is 7. The van der Waals surface area contributed by atoms with Crippen LogP contribution in [0.1, 0.15) is 5.56 Å². The number of ketones is 1. The third kappa shape index (κ3) is 3.36. The predicted octanol–water partition coefficient (Wildman–Crippen LogP) is 9.48. The Hall–Kier alpha value is -5.51. The highest BCUT2D eigenvalue weighted by atomic mass is 16.3. The molecule has 7 aromatic carbocycles. The molecular weight excluding hydrogens is 550 g/mol. The van der Waals surface area contributed by atoms with Gasteiger partial charge in [-0.3, -0.25) is 4.79 Å². The van der Waals surface area contributed by atoms with E-state index in [4.69, 9.17) is 0 Å². The van der Waals surface area contributed by atoms with E-state index in [1.807, 2.05) is 12.2 Å². The largest absolute Gasteiger partial charge is 0.384 e. The van der Waals surface area contributed by atoms with E-state index in [9.17, 15) is 9.90 Å². The molecule has 2 bridgehead atoms. The van der Waals surface area contributed by atoms with E-state index >= 15 is 0 Å². The first kappa shape index (κ1) is 24.9. The molecule has 45 heavy (non-hydrogen) atoms. The van der Waals surface area contributed by atoms with Crippen molar-refractivity contribution in [2.24, 2.45) is 11.8 Å². The number of allylic oxidation sites excluding steroid dienone is 2. The first-order valence-electron chi connectivity index (χ1n) is 15.6. The molecule has 3 nitrogen and oxygen atoms in total. The third-order valence-corrected chi connectivity index (χ3v) is 10.2. The number of carbonyl (C=O) groups is 1. The van der Waals surface area contributed by atoms with Gasteiger partial charge >= 0.3 is 0 Å². The quantitative estimate of drug-likeness (QED) is 0.168. The van der Waals surface area contributed by atoms with Crippen LogP contribution in [0.3, 0.4) is 0 Å². The van der Waals surface area contributed by atoms with Crippen molar-refractivity contribution in [2.45, 2.75) is 6.10 Å². The molecule has 3 aliphatic carbocycles. The molecule has 0 radical (unpaired) electrons.